The lowest BCUT2D eigenvalue weighted by molar-refractivity contribution is -0.147. The summed E-state index contributed by atoms with van der Waals surface area (Å²) in [7, 11) is 0. The number of rotatable bonds is 10. The molecule has 5 heteroatoms. The van der Waals surface area contributed by atoms with E-state index in [0.29, 0.717) is 44.6 Å². The lowest BCUT2D eigenvalue weighted by atomic mass is 9.23. The molecule has 1 aromatic rings. The van der Waals surface area contributed by atoms with Crippen molar-refractivity contribution in [3.05, 3.63) is 41.5 Å². The molecule has 0 radical (unpaired) electrons. The van der Waals surface area contributed by atoms with Gasteiger partial charge < -0.3 is 14.2 Å². The summed E-state index contributed by atoms with van der Waals surface area (Å²) in [6.07, 6.45) is 7.65. The Morgan fingerprint density at radius 2 is 1.50 bits per heavy atom. The average Bonchev–Trinajstić information content (AvgIpc) is 2.74. The molecule has 30 heavy (non-hydrogen) atoms. The molecule has 2 fully saturated rings. The summed E-state index contributed by atoms with van der Waals surface area (Å²) in [5.74, 6) is 1.08. The van der Waals surface area contributed by atoms with E-state index >= 15 is 0 Å². The van der Waals surface area contributed by atoms with Gasteiger partial charge in [0.05, 0.1) is 6.61 Å². The fourth-order valence-electron chi connectivity index (χ4n) is 5.56. The van der Waals surface area contributed by atoms with Gasteiger partial charge in [-0.25, -0.2) is 4.79 Å². The standard InChI is InChI=1S/C25H37BO4/c1-4-28-23(29-5-2)18-22(25(27)30-6-3)24(19-12-8-7-9-13-19)26-20-14-10-15-21(26)17-11-16-20/h7-9,12-13,20-21,23H,4-6,10-11,14-18H2,1-3H3/b24-22-. The smallest absolute Gasteiger partial charge is 0.333 e. The molecule has 3 rings (SSSR count). The zero-order chi connectivity index (χ0) is 21.3. The summed E-state index contributed by atoms with van der Waals surface area (Å²) in [5, 5.41) is 0. The molecule has 1 aromatic carbocycles. The van der Waals surface area contributed by atoms with Crippen molar-refractivity contribution in [1.29, 1.82) is 0 Å². The van der Waals surface area contributed by atoms with Gasteiger partial charge in [-0.2, -0.15) is 0 Å². The minimum absolute atomic E-state index is 0.218. The van der Waals surface area contributed by atoms with Crippen LogP contribution in [-0.2, 0) is 19.0 Å². The topological polar surface area (TPSA) is 44.8 Å². The maximum Gasteiger partial charge on any atom is 0.333 e. The second-order valence-electron chi connectivity index (χ2n) is 8.43. The fourth-order valence-corrected chi connectivity index (χ4v) is 5.56. The molecule has 2 heterocycles. The van der Waals surface area contributed by atoms with Crippen LogP contribution in [0.3, 0.4) is 0 Å². The Bertz CT molecular complexity index is 674. The van der Waals surface area contributed by atoms with Gasteiger partial charge in [0.15, 0.2) is 13.0 Å². The highest BCUT2D eigenvalue weighted by atomic mass is 16.7. The van der Waals surface area contributed by atoms with Crippen LogP contribution in [0.25, 0.3) is 5.47 Å². The van der Waals surface area contributed by atoms with E-state index in [1.54, 1.807) is 0 Å². The van der Waals surface area contributed by atoms with E-state index in [4.69, 9.17) is 14.2 Å². The SMILES string of the molecule is CCOC(=O)/C(CC(OCC)OCC)=C(\B1C2CCCC1CCC2)c1ccccc1. The molecule has 2 bridgehead atoms. The van der Waals surface area contributed by atoms with Gasteiger partial charge in [0.1, 0.15) is 0 Å². The Labute approximate surface area is 182 Å². The molecule has 0 aliphatic carbocycles. The molecule has 2 aliphatic rings. The Hall–Kier alpha value is -1.59. The lowest BCUT2D eigenvalue weighted by Gasteiger charge is -2.42. The maximum absolute atomic E-state index is 13.3. The lowest BCUT2D eigenvalue weighted by Crippen LogP contribution is -2.37. The van der Waals surface area contributed by atoms with Gasteiger partial charge in [0.2, 0.25) is 0 Å². The van der Waals surface area contributed by atoms with Crippen LogP contribution in [0.15, 0.2) is 35.9 Å². The predicted molar refractivity (Wildman–Crippen MR) is 123 cm³/mol. The monoisotopic (exact) mass is 412 g/mol. The first-order chi connectivity index (χ1) is 14.7. The fraction of sp³-hybridized carbons (Fsp3) is 0.640. The molecule has 2 aliphatic heterocycles. The molecule has 0 amide bonds. The van der Waals surface area contributed by atoms with Crippen LogP contribution < -0.4 is 0 Å². The van der Waals surface area contributed by atoms with Crippen molar-refractivity contribution in [2.24, 2.45) is 0 Å². The van der Waals surface area contributed by atoms with E-state index in [1.165, 1.54) is 44.0 Å². The van der Waals surface area contributed by atoms with E-state index in [2.05, 4.69) is 24.3 Å². The summed E-state index contributed by atoms with van der Waals surface area (Å²) in [6, 6.07) is 10.5. The first-order valence-corrected chi connectivity index (χ1v) is 11.9. The highest BCUT2D eigenvalue weighted by Crippen LogP contribution is 2.51. The molecule has 0 unspecified atom stereocenters. The molecular weight excluding hydrogens is 375 g/mol. The number of esters is 1. The highest BCUT2D eigenvalue weighted by Gasteiger charge is 2.43. The minimum atomic E-state index is -0.429. The van der Waals surface area contributed by atoms with Gasteiger partial charge in [-0.15, -0.1) is 0 Å². The van der Waals surface area contributed by atoms with Crippen LogP contribution in [0.2, 0.25) is 11.6 Å². The third-order valence-electron chi connectivity index (χ3n) is 6.66. The zero-order valence-corrected chi connectivity index (χ0v) is 18.9. The molecule has 4 nitrogen and oxygen atoms in total. The molecule has 2 saturated heterocycles. The van der Waals surface area contributed by atoms with Crippen LogP contribution in [0.5, 0.6) is 0 Å². The summed E-state index contributed by atoms with van der Waals surface area (Å²) < 4.78 is 17.3. The second-order valence-corrected chi connectivity index (χ2v) is 8.43. The molecule has 0 spiro atoms. The van der Waals surface area contributed by atoms with Gasteiger partial charge in [0, 0.05) is 25.2 Å². The summed E-state index contributed by atoms with van der Waals surface area (Å²) in [5.41, 5.74) is 3.09. The third kappa shape index (κ3) is 5.56. The summed E-state index contributed by atoms with van der Waals surface area (Å²) in [4.78, 5) is 13.3. The molecular formula is C25H37BO4. The number of carbonyl (C=O) groups excluding carboxylic acids is 1. The van der Waals surface area contributed by atoms with Crippen molar-refractivity contribution >= 4 is 18.2 Å². The van der Waals surface area contributed by atoms with E-state index < -0.39 is 6.29 Å². The Kier molecular flexibility index (Phi) is 9.01. The number of ether oxygens (including phenoxy) is 3. The Morgan fingerprint density at radius 3 is 2.00 bits per heavy atom. The Morgan fingerprint density at radius 1 is 0.933 bits per heavy atom. The third-order valence-corrected chi connectivity index (χ3v) is 6.66. The quantitative estimate of drug-likeness (QED) is 0.207. The highest BCUT2D eigenvalue weighted by molar-refractivity contribution is 6.82. The van der Waals surface area contributed by atoms with Crippen LogP contribution in [0.4, 0.5) is 0 Å². The number of hydrogen-bond donors (Lipinski definition) is 0. The van der Waals surface area contributed by atoms with Crippen molar-refractivity contribution < 1.29 is 19.0 Å². The van der Waals surface area contributed by atoms with E-state index in [9.17, 15) is 4.79 Å². The molecule has 0 saturated carbocycles. The first-order valence-electron chi connectivity index (χ1n) is 11.9. The normalized spacial score (nSPS) is 22.1. The van der Waals surface area contributed by atoms with Gasteiger partial charge in [-0.3, -0.25) is 0 Å². The first kappa shape index (κ1) is 23.1. The van der Waals surface area contributed by atoms with Gasteiger partial charge in [-0.05, 0) is 26.3 Å². The van der Waals surface area contributed by atoms with Crippen molar-refractivity contribution in [2.75, 3.05) is 19.8 Å². The van der Waals surface area contributed by atoms with Gasteiger partial charge >= 0.3 is 5.97 Å². The largest absolute Gasteiger partial charge is 0.463 e. The van der Waals surface area contributed by atoms with Crippen molar-refractivity contribution in [2.45, 2.75) is 83.6 Å². The average molecular weight is 412 g/mol. The minimum Gasteiger partial charge on any atom is -0.463 e. The summed E-state index contributed by atoms with van der Waals surface area (Å²) in [6.45, 7) is 7.68. The van der Waals surface area contributed by atoms with E-state index in [1.807, 2.05) is 26.8 Å². The molecule has 164 valence electrons. The molecule has 0 atom stereocenters. The van der Waals surface area contributed by atoms with Crippen LogP contribution in [0.1, 0.15) is 71.3 Å². The van der Waals surface area contributed by atoms with Gasteiger partial charge in [-0.1, -0.05) is 86.0 Å². The Balaban J connectivity index is 2.11. The molecule has 0 aromatic heterocycles. The predicted octanol–water partition coefficient (Wildman–Crippen LogP) is 5.93. The van der Waals surface area contributed by atoms with E-state index in [-0.39, 0.29) is 5.97 Å². The second kappa shape index (κ2) is 11.7. The van der Waals surface area contributed by atoms with E-state index in [0.717, 1.165) is 11.1 Å². The van der Waals surface area contributed by atoms with Crippen LogP contribution in [-0.4, -0.2) is 38.8 Å². The maximum atomic E-state index is 13.3. The number of carbonyl (C=O) groups is 1. The van der Waals surface area contributed by atoms with Crippen LogP contribution >= 0.6 is 0 Å². The zero-order valence-electron chi connectivity index (χ0n) is 18.9. The van der Waals surface area contributed by atoms with Crippen molar-refractivity contribution in [3.63, 3.8) is 0 Å². The van der Waals surface area contributed by atoms with Crippen molar-refractivity contribution in [1.82, 2.24) is 0 Å². The number of hydrogen-bond acceptors (Lipinski definition) is 4. The van der Waals surface area contributed by atoms with Gasteiger partial charge in [0.25, 0.3) is 0 Å². The van der Waals surface area contributed by atoms with Crippen molar-refractivity contribution in [3.8, 4) is 0 Å². The number of benzene rings is 1. The summed E-state index contributed by atoms with van der Waals surface area (Å²) >= 11 is 0. The molecule has 0 N–H and O–H groups in total. The number of fused-ring (bicyclic) bond motifs is 2. The van der Waals surface area contributed by atoms with Crippen LogP contribution in [0, 0.1) is 0 Å².